The van der Waals surface area contributed by atoms with Crippen LogP contribution in [0.4, 0.5) is 0 Å². The van der Waals surface area contributed by atoms with Crippen molar-refractivity contribution in [1.82, 2.24) is 4.98 Å². The number of pyridine rings is 1. The lowest BCUT2D eigenvalue weighted by Crippen LogP contribution is -2.41. The van der Waals surface area contributed by atoms with Gasteiger partial charge < -0.3 is 9.31 Å². The van der Waals surface area contributed by atoms with Crippen molar-refractivity contribution in [1.29, 1.82) is 0 Å². The van der Waals surface area contributed by atoms with Gasteiger partial charge in [-0.25, -0.2) is 0 Å². The highest BCUT2D eigenvalue weighted by atomic mass is 35.5. The summed E-state index contributed by atoms with van der Waals surface area (Å²) in [6.07, 6.45) is 3.62. The van der Waals surface area contributed by atoms with Crippen molar-refractivity contribution in [2.24, 2.45) is 0 Å². The summed E-state index contributed by atoms with van der Waals surface area (Å²) in [6, 6.07) is 1.83. The van der Waals surface area contributed by atoms with Gasteiger partial charge in [-0.2, -0.15) is 0 Å². The monoisotopic (exact) mass is 279 g/mol. The fourth-order valence-corrected chi connectivity index (χ4v) is 1.91. The second-order valence-corrected chi connectivity index (χ2v) is 6.25. The minimum atomic E-state index is -0.355. The zero-order valence-corrected chi connectivity index (χ0v) is 12.8. The lowest BCUT2D eigenvalue weighted by molar-refractivity contribution is 0.00578. The van der Waals surface area contributed by atoms with Crippen LogP contribution in [0.5, 0.6) is 0 Å². The van der Waals surface area contributed by atoms with Crippen LogP contribution in [0.2, 0.25) is 5.02 Å². The van der Waals surface area contributed by atoms with Gasteiger partial charge in [-0.3, -0.25) is 4.98 Å². The van der Waals surface area contributed by atoms with Crippen LogP contribution in [0.25, 0.3) is 6.08 Å². The Labute approximate surface area is 120 Å². The predicted molar refractivity (Wildman–Crippen MR) is 79.1 cm³/mol. The fourth-order valence-electron chi connectivity index (χ4n) is 1.75. The molecule has 1 saturated heterocycles. The van der Waals surface area contributed by atoms with Crippen LogP contribution >= 0.6 is 11.6 Å². The summed E-state index contributed by atoms with van der Waals surface area (Å²) in [5.74, 6) is 1.87. The van der Waals surface area contributed by atoms with Crippen LogP contribution in [-0.2, 0) is 9.31 Å². The molecule has 1 fully saturated rings. The Kier molecular flexibility index (Phi) is 3.78. The maximum atomic E-state index is 6.06. The van der Waals surface area contributed by atoms with Gasteiger partial charge in [0.1, 0.15) is 0 Å². The molecule has 0 spiro atoms. The molecule has 102 valence electrons. The van der Waals surface area contributed by atoms with E-state index in [1.54, 1.807) is 6.20 Å². The van der Waals surface area contributed by atoms with Gasteiger partial charge in [-0.1, -0.05) is 17.6 Å². The molecule has 19 heavy (non-hydrogen) atoms. The smallest absolute Gasteiger partial charge is 0.400 e. The van der Waals surface area contributed by atoms with Crippen LogP contribution < -0.4 is 0 Å². The van der Waals surface area contributed by atoms with Crippen molar-refractivity contribution >= 4 is 24.8 Å². The Morgan fingerprint density at radius 2 is 1.79 bits per heavy atom. The van der Waals surface area contributed by atoms with E-state index >= 15 is 0 Å². The molecule has 0 saturated carbocycles. The maximum Gasteiger partial charge on any atom is 0.487 e. The molecule has 0 aromatic carbocycles. The van der Waals surface area contributed by atoms with Crippen LogP contribution in [0.3, 0.4) is 0 Å². The van der Waals surface area contributed by atoms with Crippen LogP contribution in [0.1, 0.15) is 39.0 Å². The molecular formula is C14H19BClNO2. The molecule has 0 aliphatic carbocycles. The third-order valence-electron chi connectivity index (χ3n) is 3.75. The molecule has 3 nitrogen and oxygen atoms in total. The summed E-state index contributed by atoms with van der Waals surface area (Å²) in [5, 5.41) is 0.712. The molecule has 0 unspecified atom stereocenters. The fraction of sp³-hybridized carbons (Fsp3) is 0.500. The van der Waals surface area contributed by atoms with Gasteiger partial charge in [0.2, 0.25) is 0 Å². The summed E-state index contributed by atoms with van der Waals surface area (Å²) < 4.78 is 11.7. The van der Waals surface area contributed by atoms with Crippen LogP contribution in [-0.4, -0.2) is 23.3 Å². The van der Waals surface area contributed by atoms with Crippen molar-refractivity contribution in [3.8, 4) is 0 Å². The Hall–Kier alpha value is -0.835. The standard InChI is InChI=1S/C14H19BClNO2/c1-10-9-17-11(8-12(10)16)6-7-15-18-13(2,3)14(4,5)19-15/h6-9H,1-5H3/b7-6+. The van der Waals surface area contributed by atoms with Crippen molar-refractivity contribution in [2.45, 2.75) is 45.8 Å². The predicted octanol–water partition coefficient (Wildman–Crippen LogP) is 3.69. The molecule has 0 bridgehead atoms. The first-order valence-corrected chi connectivity index (χ1v) is 6.75. The maximum absolute atomic E-state index is 6.06. The molecule has 1 aromatic rings. The Bertz CT molecular complexity index is 498. The summed E-state index contributed by atoms with van der Waals surface area (Å²) in [6.45, 7) is 10.0. The Balaban J connectivity index is 2.10. The Morgan fingerprint density at radius 3 is 2.32 bits per heavy atom. The third-order valence-corrected chi connectivity index (χ3v) is 4.16. The SMILES string of the molecule is Cc1cnc(/C=C/B2OC(C)(C)C(C)(C)O2)cc1Cl. The molecule has 1 aromatic heterocycles. The summed E-state index contributed by atoms with van der Waals surface area (Å²) in [5.41, 5.74) is 1.13. The average Bonchev–Trinajstić information content (AvgIpc) is 2.49. The zero-order chi connectivity index (χ0) is 14.3. The number of hydrogen-bond donors (Lipinski definition) is 0. The summed E-state index contributed by atoms with van der Waals surface area (Å²) >= 11 is 6.06. The van der Waals surface area contributed by atoms with Crippen molar-refractivity contribution in [3.05, 3.63) is 34.5 Å². The zero-order valence-electron chi connectivity index (χ0n) is 12.0. The highest BCUT2D eigenvalue weighted by molar-refractivity contribution is 6.52. The topological polar surface area (TPSA) is 31.4 Å². The van der Waals surface area contributed by atoms with Gasteiger partial charge in [0.25, 0.3) is 0 Å². The van der Waals surface area contributed by atoms with Crippen molar-refractivity contribution in [2.75, 3.05) is 0 Å². The van der Waals surface area contributed by atoms with Gasteiger partial charge in [0.05, 0.1) is 16.9 Å². The molecule has 1 aliphatic heterocycles. The van der Waals surface area contributed by atoms with Crippen LogP contribution in [0, 0.1) is 6.92 Å². The van der Waals surface area contributed by atoms with Gasteiger partial charge in [-0.15, -0.1) is 0 Å². The van der Waals surface area contributed by atoms with E-state index in [9.17, 15) is 0 Å². The first kappa shape index (κ1) is 14.6. The molecule has 2 rings (SSSR count). The van der Waals surface area contributed by atoms with E-state index in [-0.39, 0.29) is 18.3 Å². The third kappa shape index (κ3) is 3.02. The van der Waals surface area contributed by atoms with Crippen molar-refractivity contribution in [3.63, 3.8) is 0 Å². The molecular weight excluding hydrogens is 260 g/mol. The largest absolute Gasteiger partial charge is 0.487 e. The second kappa shape index (κ2) is 4.93. The number of hydrogen-bond acceptors (Lipinski definition) is 3. The molecule has 0 radical (unpaired) electrons. The minimum absolute atomic E-state index is 0.319. The van der Waals surface area contributed by atoms with Crippen molar-refractivity contribution < 1.29 is 9.31 Å². The minimum Gasteiger partial charge on any atom is -0.400 e. The summed E-state index contributed by atoms with van der Waals surface area (Å²) in [7, 11) is -0.355. The number of aromatic nitrogens is 1. The lowest BCUT2D eigenvalue weighted by atomic mass is 9.89. The normalized spacial score (nSPS) is 21.3. The molecule has 2 heterocycles. The van der Waals surface area contributed by atoms with Crippen LogP contribution in [0.15, 0.2) is 18.2 Å². The van der Waals surface area contributed by atoms with E-state index in [1.807, 2.05) is 52.7 Å². The van der Waals surface area contributed by atoms with Gasteiger partial charge in [0.15, 0.2) is 0 Å². The molecule has 0 N–H and O–H groups in total. The first-order valence-electron chi connectivity index (χ1n) is 6.37. The molecule has 0 atom stereocenters. The van der Waals surface area contributed by atoms with Gasteiger partial charge in [0, 0.05) is 11.2 Å². The van der Waals surface area contributed by atoms with E-state index in [4.69, 9.17) is 20.9 Å². The highest BCUT2D eigenvalue weighted by Gasteiger charge is 2.49. The van der Waals surface area contributed by atoms with E-state index in [0.717, 1.165) is 11.3 Å². The highest BCUT2D eigenvalue weighted by Crippen LogP contribution is 2.37. The Morgan fingerprint density at radius 1 is 1.21 bits per heavy atom. The van der Waals surface area contributed by atoms with Gasteiger partial charge >= 0.3 is 7.12 Å². The molecule has 0 amide bonds. The van der Waals surface area contributed by atoms with E-state index < -0.39 is 0 Å². The lowest BCUT2D eigenvalue weighted by Gasteiger charge is -2.32. The van der Waals surface area contributed by atoms with E-state index in [1.165, 1.54) is 0 Å². The number of rotatable bonds is 2. The van der Waals surface area contributed by atoms with E-state index in [0.29, 0.717) is 5.02 Å². The van der Waals surface area contributed by atoms with Gasteiger partial charge in [-0.05, 0) is 52.3 Å². The average molecular weight is 280 g/mol. The summed E-state index contributed by atoms with van der Waals surface area (Å²) in [4.78, 5) is 4.29. The number of nitrogens with zero attached hydrogens (tertiary/aromatic N) is 1. The number of halogens is 1. The first-order chi connectivity index (χ1) is 8.71. The second-order valence-electron chi connectivity index (χ2n) is 5.84. The van der Waals surface area contributed by atoms with E-state index in [2.05, 4.69) is 4.98 Å². The molecule has 1 aliphatic rings. The number of aryl methyl sites for hydroxylation is 1. The molecule has 5 heteroatoms. The quantitative estimate of drug-likeness (QED) is 0.774.